The zero-order valence-electron chi connectivity index (χ0n) is 10.2. The van der Waals surface area contributed by atoms with Gasteiger partial charge in [-0.05, 0) is 26.3 Å². The highest BCUT2D eigenvalue weighted by atomic mass is 16.5. The van der Waals surface area contributed by atoms with E-state index in [0.29, 0.717) is 6.61 Å². The number of methoxy groups -OCH3 is 1. The maximum atomic E-state index is 11.3. The van der Waals surface area contributed by atoms with E-state index in [9.17, 15) is 4.79 Å². The van der Waals surface area contributed by atoms with Gasteiger partial charge in [0.25, 0.3) is 0 Å². The lowest BCUT2D eigenvalue weighted by atomic mass is 10.1. The molecule has 0 spiro atoms. The van der Waals surface area contributed by atoms with Gasteiger partial charge in [0, 0.05) is 26.2 Å². The Balaban J connectivity index is 2.24. The normalized spacial score (nSPS) is 21.8. The van der Waals surface area contributed by atoms with Crippen molar-refractivity contribution in [2.45, 2.75) is 25.8 Å². The van der Waals surface area contributed by atoms with Gasteiger partial charge in [-0.2, -0.15) is 0 Å². The second kappa shape index (κ2) is 7.46. The first-order valence-electron chi connectivity index (χ1n) is 5.90. The number of nitrogens with zero attached hydrogens (tertiary/aromatic N) is 1. The molecule has 1 saturated heterocycles. The summed E-state index contributed by atoms with van der Waals surface area (Å²) < 4.78 is 9.91. The first-order valence-corrected chi connectivity index (χ1v) is 5.90. The van der Waals surface area contributed by atoms with Crippen molar-refractivity contribution in [1.29, 1.82) is 0 Å². The van der Waals surface area contributed by atoms with Crippen molar-refractivity contribution < 1.29 is 14.3 Å². The van der Waals surface area contributed by atoms with Gasteiger partial charge in [-0.3, -0.25) is 4.90 Å². The van der Waals surface area contributed by atoms with Crippen LogP contribution in [0.3, 0.4) is 0 Å². The highest BCUT2D eigenvalue weighted by molar-refractivity contribution is 5.67. The SMILES string of the molecule is CCOC(=O)N[C@@H]1CCCN(CCOC)C1. The van der Waals surface area contributed by atoms with E-state index in [2.05, 4.69) is 10.2 Å². The number of carbonyl (C=O) groups excluding carboxylic acids is 1. The molecule has 1 aliphatic heterocycles. The van der Waals surface area contributed by atoms with Gasteiger partial charge in [0.2, 0.25) is 0 Å². The van der Waals surface area contributed by atoms with Crippen LogP contribution in [0.2, 0.25) is 0 Å². The molecule has 16 heavy (non-hydrogen) atoms. The van der Waals surface area contributed by atoms with Crippen LogP contribution >= 0.6 is 0 Å². The quantitative estimate of drug-likeness (QED) is 0.760. The predicted molar refractivity (Wildman–Crippen MR) is 61.5 cm³/mol. The molecule has 0 bridgehead atoms. The monoisotopic (exact) mass is 230 g/mol. The predicted octanol–water partition coefficient (Wildman–Crippen LogP) is 0.843. The van der Waals surface area contributed by atoms with Crippen molar-refractivity contribution in [3.05, 3.63) is 0 Å². The Morgan fingerprint density at radius 2 is 2.38 bits per heavy atom. The van der Waals surface area contributed by atoms with Crippen LogP contribution in [0.25, 0.3) is 0 Å². The average molecular weight is 230 g/mol. The zero-order valence-corrected chi connectivity index (χ0v) is 10.2. The number of alkyl carbamates (subject to hydrolysis) is 1. The topological polar surface area (TPSA) is 50.8 Å². The summed E-state index contributed by atoms with van der Waals surface area (Å²) in [4.78, 5) is 13.6. The van der Waals surface area contributed by atoms with Gasteiger partial charge in [-0.1, -0.05) is 0 Å². The Morgan fingerprint density at radius 1 is 1.56 bits per heavy atom. The number of nitrogens with one attached hydrogen (secondary N) is 1. The van der Waals surface area contributed by atoms with Crippen LogP contribution in [0, 0.1) is 0 Å². The molecular formula is C11H22N2O3. The lowest BCUT2D eigenvalue weighted by molar-refractivity contribution is 0.113. The van der Waals surface area contributed by atoms with E-state index in [0.717, 1.165) is 39.1 Å². The zero-order chi connectivity index (χ0) is 11.8. The Labute approximate surface area is 97.1 Å². The number of amides is 1. The van der Waals surface area contributed by atoms with Gasteiger partial charge in [0.1, 0.15) is 0 Å². The van der Waals surface area contributed by atoms with Gasteiger partial charge >= 0.3 is 6.09 Å². The molecule has 0 saturated carbocycles. The molecule has 94 valence electrons. The second-order valence-electron chi connectivity index (χ2n) is 4.00. The number of piperidine rings is 1. The van der Waals surface area contributed by atoms with Crippen LogP contribution in [0.4, 0.5) is 4.79 Å². The fraction of sp³-hybridized carbons (Fsp3) is 0.909. The molecule has 0 radical (unpaired) electrons. The number of rotatable bonds is 5. The first kappa shape index (κ1) is 13.3. The van der Waals surface area contributed by atoms with Crippen molar-refractivity contribution in [3.63, 3.8) is 0 Å². The molecule has 1 atom stereocenters. The molecular weight excluding hydrogens is 208 g/mol. The Kier molecular flexibility index (Phi) is 6.18. The lowest BCUT2D eigenvalue weighted by Gasteiger charge is -2.32. The van der Waals surface area contributed by atoms with Crippen LogP contribution in [0.1, 0.15) is 19.8 Å². The maximum Gasteiger partial charge on any atom is 0.407 e. The van der Waals surface area contributed by atoms with Crippen molar-refractivity contribution in [2.75, 3.05) is 40.0 Å². The number of carbonyl (C=O) groups is 1. The molecule has 1 fully saturated rings. The van der Waals surface area contributed by atoms with Gasteiger partial charge in [0.15, 0.2) is 0 Å². The summed E-state index contributed by atoms with van der Waals surface area (Å²) in [5.74, 6) is 0. The fourth-order valence-corrected chi connectivity index (χ4v) is 1.94. The third-order valence-corrected chi connectivity index (χ3v) is 2.71. The van der Waals surface area contributed by atoms with Gasteiger partial charge in [0.05, 0.1) is 13.2 Å². The Morgan fingerprint density at radius 3 is 3.06 bits per heavy atom. The molecule has 1 heterocycles. The molecule has 1 amide bonds. The van der Waals surface area contributed by atoms with Crippen molar-refractivity contribution in [2.24, 2.45) is 0 Å². The molecule has 0 aromatic rings. The number of hydrogen-bond acceptors (Lipinski definition) is 4. The first-order chi connectivity index (χ1) is 7.76. The van der Waals surface area contributed by atoms with Gasteiger partial charge in [-0.15, -0.1) is 0 Å². The molecule has 0 aromatic carbocycles. The van der Waals surface area contributed by atoms with E-state index < -0.39 is 0 Å². The summed E-state index contributed by atoms with van der Waals surface area (Å²) in [5, 5.41) is 2.88. The molecule has 1 aliphatic rings. The van der Waals surface area contributed by atoms with Crippen LogP contribution in [-0.2, 0) is 9.47 Å². The van der Waals surface area contributed by atoms with E-state index in [1.807, 2.05) is 6.92 Å². The van der Waals surface area contributed by atoms with E-state index >= 15 is 0 Å². The molecule has 1 N–H and O–H groups in total. The Bertz CT molecular complexity index is 211. The number of ether oxygens (including phenoxy) is 2. The standard InChI is InChI=1S/C11H22N2O3/c1-3-16-11(14)12-10-5-4-6-13(9-10)7-8-15-2/h10H,3-9H2,1-2H3,(H,12,14)/t10-/m1/s1. The highest BCUT2D eigenvalue weighted by Crippen LogP contribution is 2.09. The van der Waals surface area contributed by atoms with E-state index in [-0.39, 0.29) is 12.1 Å². The van der Waals surface area contributed by atoms with E-state index in [4.69, 9.17) is 9.47 Å². The summed E-state index contributed by atoms with van der Waals surface area (Å²) in [6, 6.07) is 0.213. The summed E-state index contributed by atoms with van der Waals surface area (Å²) in [6.45, 7) is 5.88. The smallest absolute Gasteiger partial charge is 0.407 e. The van der Waals surface area contributed by atoms with Crippen molar-refractivity contribution in [1.82, 2.24) is 10.2 Å². The van der Waals surface area contributed by atoms with Crippen LogP contribution in [0.5, 0.6) is 0 Å². The summed E-state index contributed by atoms with van der Waals surface area (Å²) in [7, 11) is 1.71. The summed E-state index contributed by atoms with van der Waals surface area (Å²) >= 11 is 0. The lowest BCUT2D eigenvalue weighted by Crippen LogP contribution is -2.48. The van der Waals surface area contributed by atoms with E-state index in [1.165, 1.54) is 0 Å². The third kappa shape index (κ3) is 4.81. The fourth-order valence-electron chi connectivity index (χ4n) is 1.94. The minimum absolute atomic E-state index is 0.213. The molecule has 5 nitrogen and oxygen atoms in total. The van der Waals surface area contributed by atoms with Crippen LogP contribution in [0.15, 0.2) is 0 Å². The highest BCUT2D eigenvalue weighted by Gasteiger charge is 2.21. The minimum atomic E-state index is -0.305. The van der Waals surface area contributed by atoms with E-state index in [1.54, 1.807) is 7.11 Å². The molecule has 1 rings (SSSR count). The molecule has 0 unspecified atom stereocenters. The largest absolute Gasteiger partial charge is 0.450 e. The maximum absolute atomic E-state index is 11.3. The second-order valence-corrected chi connectivity index (χ2v) is 4.00. The minimum Gasteiger partial charge on any atom is -0.450 e. The third-order valence-electron chi connectivity index (χ3n) is 2.71. The molecule has 0 aliphatic carbocycles. The molecule has 5 heteroatoms. The number of hydrogen-bond donors (Lipinski definition) is 1. The summed E-state index contributed by atoms with van der Waals surface area (Å²) in [5.41, 5.74) is 0. The number of likely N-dealkylation sites (tertiary alicyclic amines) is 1. The van der Waals surface area contributed by atoms with Crippen molar-refractivity contribution >= 4 is 6.09 Å². The van der Waals surface area contributed by atoms with Crippen molar-refractivity contribution in [3.8, 4) is 0 Å². The summed E-state index contributed by atoms with van der Waals surface area (Å²) in [6.07, 6.45) is 1.84. The average Bonchev–Trinajstić information content (AvgIpc) is 2.27. The van der Waals surface area contributed by atoms with Crippen LogP contribution in [-0.4, -0.2) is 57.0 Å². The van der Waals surface area contributed by atoms with Gasteiger partial charge < -0.3 is 14.8 Å². The van der Waals surface area contributed by atoms with Gasteiger partial charge in [-0.25, -0.2) is 4.79 Å². The Hall–Kier alpha value is -0.810. The molecule has 0 aromatic heterocycles. The van der Waals surface area contributed by atoms with Crippen LogP contribution < -0.4 is 5.32 Å².